The Labute approximate surface area is 156 Å². The number of nitrogens with one attached hydrogen (secondary N) is 1. The molecule has 2 N–H and O–H groups in total. The number of carbonyl (C=O) groups is 4. The number of carboxylic acids is 1. The van der Waals surface area contributed by atoms with Crippen molar-refractivity contribution in [2.24, 2.45) is 0 Å². The van der Waals surface area contributed by atoms with Crippen LogP contribution in [0.2, 0.25) is 0 Å². The summed E-state index contributed by atoms with van der Waals surface area (Å²) in [5, 5.41) is 10.1. The topological polar surface area (TPSA) is 116 Å². The monoisotopic (exact) mass is 397 g/mol. The molecular formula is C15H15N3O6S2. The van der Waals surface area contributed by atoms with E-state index in [1.54, 1.807) is 17.5 Å². The van der Waals surface area contributed by atoms with Crippen LogP contribution in [0.25, 0.3) is 0 Å². The van der Waals surface area contributed by atoms with Gasteiger partial charge in [0.1, 0.15) is 16.7 Å². The number of hydrogen-bond acceptors (Lipinski definition) is 7. The van der Waals surface area contributed by atoms with E-state index in [1.807, 2.05) is 0 Å². The third kappa shape index (κ3) is 2.97. The molecule has 0 saturated carbocycles. The van der Waals surface area contributed by atoms with Crippen molar-refractivity contribution in [1.82, 2.24) is 10.4 Å². The highest BCUT2D eigenvalue weighted by Crippen LogP contribution is 2.44. The molecule has 0 aliphatic carbocycles. The molecule has 1 aromatic rings. The zero-order valence-electron chi connectivity index (χ0n) is 13.7. The Bertz CT molecular complexity index is 793. The van der Waals surface area contributed by atoms with Crippen LogP contribution in [0.4, 0.5) is 5.00 Å². The van der Waals surface area contributed by atoms with E-state index in [-0.39, 0.29) is 17.4 Å². The molecule has 0 spiro atoms. The number of thioether (sulfide) groups is 1. The second-order valence-electron chi connectivity index (χ2n) is 5.50. The van der Waals surface area contributed by atoms with Gasteiger partial charge in [0, 0.05) is 13.1 Å². The molecule has 0 bridgehead atoms. The van der Waals surface area contributed by atoms with Gasteiger partial charge in [-0.2, -0.15) is 0 Å². The van der Waals surface area contributed by atoms with Gasteiger partial charge in [0.15, 0.2) is 0 Å². The number of anilines is 1. The molecule has 0 aromatic carbocycles. The number of nitrogens with zero attached hydrogens (tertiary/aromatic N) is 2. The zero-order valence-corrected chi connectivity index (χ0v) is 15.4. The molecule has 1 fully saturated rings. The van der Waals surface area contributed by atoms with Crippen molar-refractivity contribution in [3.05, 3.63) is 29.3 Å². The van der Waals surface area contributed by atoms with Crippen LogP contribution in [-0.4, -0.2) is 57.5 Å². The minimum absolute atomic E-state index is 0.0992. The largest absolute Gasteiger partial charge is 0.480 e. The Hall–Kier alpha value is -2.37. The Balaban J connectivity index is 1.93. The van der Waals surface area contributed by atoms with E-state index in [4.69, 9.17) is 0 Å². The van der Waals surface area contributed by atoms with Crippen LogP contribution < -0.4 is 10.4 Å². The van der Waals surface area contributed by atoms with Gasteiger partial charge < -0.3 is 10.0 Å². The Morgan fingerprint density at radius 3 is 2.65 bits per heavy atom. The number of rotatable bonds is 5. The maximum atomic E-state index is 12.6. The van der Waals surface area contributed by atoms with Crippen LogP contribution in [0.1, 0.15) is 6.92 Å². The van der Waals surface area contributed by atoms with Crippen molar-refractivity contribution in [3.63, 3.8) is 0 Å². The number of hydrogen-bond donors (Lipinski definition) is 2. The Morgan fingerprint density at radius 1 is 1.38 bits per heavy atom. The van der Waals surface area contributed by atoms with E-state index >= 15 is 0 Å². The van der Waals surface area contributed by atoms with Gasteiger partial charge in [0.05, 0.1) is 17.7 Å². The summed E-state index contributed by atoms with van der Waals surface area (Å²) in [7, 11) is 1.23. The quantitative estimate of drug-likeness (QED) is 0.546. The first-order valence-corrected chi connectivity index (χ1v) is 9.27. The summed E-state index contributed by atoms with van der Waals surface area (Å²) < 4.78 is 0. The lowest BCUT2D eigenvalue weighted by molar-refractivity contribution is -0.143. The summed E-state index contributed by atoms with van der Waals surface area (Å²) in [6.07, 6.45) is 1.22. The molecule has 26 heavy (non-hydrogen) atoms. The lowest BCUT2D eigenvalue weighted by Gasteiger charge is -2.51. The first-order valence-electron chi connectivity index (χ1n) is 7.45. The summed E-state index contributed by atoms with van der Waals surface area (Å²) in [6, 6.07) is 2.66. The molecule has 2 aliphatic rings. The number of amides is 3. The molecule has 3 rings (SSSR count). The number of β-lactam (4-membered cyclic amide) rings is 1. The van der Waals surface area contributed by atoms with E-state index < -0.39 is 28.5 Å². The van der Waals surface area contributed by atoms with Gasteiger partial charge >= 0.3 is 5.97 Å². The molecule has 138 valence electrons. The van der Waals surface area contributed by atoms with Gasteiger partial charge in [-0.3, -0.25) is 28.9 Å². The van der Waals surface area contributed by atoms with Gasteiger partial charge in [-0.05, 0) is 17.5 Å². The van der Waals surface area contributed by atoms with Crippen molar-refractivity contribution in [2.75, 3.05) is 12.0 Å². The smallest absolute Gasteiger partial charge is 0.321 e. The third-order valence-electron chi connectivity index (χ3n) is 3.93. The molecule has 2 unspecified atom stereocenters. The van der Waals surface area contributed by atoms with Crippen molar-refractivity contribution in [3.8, 4) is 0 Å². The van der Waals surface area contributed by atoms with Gasteiger partial charge in [-0.25, -0.2) is 5.48 Å². The van der Waals surface area contributed by atoms with Crippen LogP contribution >= 0.6 is 23.1 Å². The fraction of sp³-hybridized carbons (Fsp3) is 0.333. The van der Waals surface area contributed by atoms with Crippen LogP contribution in [0, 0.1) is 0 Å². The average molecular weight is 397 g/mol. The standard InChI is InChI=1S/C15H15N3O6S2/c1-7(19)18(9-4-3-5-25-9)10-13(21)17-6-8(12(20)16-24-2)11(15(22)23)26-14(10)17/h3-6,10-11,14H,1-2H3,(H,16,20)(H,22,23)/t10?,11?,14-/m1/s1. The molecule has 1 aromatic heterocycles. The highest BCUT2D eigenvalue weighted by atomic mass is 32.2. The second kappa shape index (κ2) is 7.09. The molecule has 3 amide bonds. The predicted molar refractivity (Wildman–Crippen MR) is 94.2 cm³/mol. The maximum Gasteiger partial charge on any atom is 0.321 e. The van der Waals surface area contributed by atoms with E-state index in [0.717, 1.165) is 11.8 Å². The number of hydroxylamine groups is 1. The van der Waals surface area contributed by atoms with E-state index in [0.29, 0.717) is 5.00 Å². The number of thiophene rings is 1. The minimum atomic E-state index is -1.21. The summed E-state index contributed by atoms with van der Waals surface area (Å²) in [5.74, 6) is -2.64. The summed E-state index contributed by atoms with van der Waals surface area (Å²) >= 11 is 2.25. The van der Waals surface area contributed by atoms with Crippen LogP contribution in [-0.2, 0) is 24.0 Å². The predicted octanol–water partition coefficient (Wildman–Crippen LogP) is 0.399. The highest BCUT2D eigenvalue weighted by Gasteiger charge is 2.56. The van der Waals surface area contributed by atoms with Gasteiger partial charge in [-0.15, -0.1) is 23.1 Å². The SMILES string of the molecule is CONC(=O)C1=CN2C(=O)C(N(C(C)=O)c3cccs3)[C@H]2SC1C(=O)O. The molecular weight excluding hydrogens is 382 g/mol. The fourth-order valence-electron chi connectivity index (χ4n) is 2.83. The van der Waals surface area contributed by atoms with Crippen molar-refractivity contribution >= 4 is 51.8 Å². The molecule has 11 heteroatoms. The number of carboxylic acid groups (broad SMARTS) is 1. The minimum Gasteiger partial charge on any atom is -0.480 e. The van der Waals surface area contributed by atoms with Gasteiger partial charge in [0.2, 0.25) is 5.91 Å². The Morgan fingerprint density at radius 2 is 2.12 bits per heavy atom. The molecule has 3 atom stereocenters. The molecule has 0 radical (unpaired) electrons. The highest BCUT2D eigenvalue weighted by molar-refractivity contribution is 8.01. The first-order chi connectivity index (χ1) is 12.4. The van der Waals surface area contributed by atoms with Crippen LogP contribution in [0.15, 0.2) is 29.3 Å². The number of fused-ring (bicyclic) bond motifs is 1. The van der Waals surface area contributed by atoms with Gasteiger partial charge in [-0.1, -0.05) is 0 Å². The molecule has 2 aliphatic heterocycles. The van der Waals surface area contributed by atoms with Crippen molar-refractivity contribution in [1.29, 1.82) is 0 Å². The summed E-state index contributed by atoms with van der Waals surface area (Å²) in [4.78, 5) is 55.5. The number of carbonyl (C=O) groups excluding carboxylic acids is 3. The summed E-state index contributed by atoms with van der Waals surface area (Å²) in [6.45, 7) is 1.35. The second-order valence-corrected chi connectivity index (χ2v) is 7.65. The van der Waals surface area contributed by atoms with Crippen LogP contribution in [0.5, 0.6) is 0 Å². The molecule has 1 saturated heterocycles. The number of aliphatic carboxylic acids is 1. The Kier molecular flexibility index (Phi) is 5.03. The first kappa shape index (κ1) is 18.4. The molecule has 9 nitrogen and oxygen atoms in total. The third-order valence-corrected chi connectivity index (χ3v) is 6.29. The van der Waals surface area contributed by atoms with Gasteiger partial charge in [0.25, 0.3) is 11.8 Å². The van der Waals surface area contributed by atoms with E-state index in [9.17, 15) is 24.3 Å². The maximum absolute atomic E-state index is 12.6. The lowest BCUT2D eigenvalue weighted by atomic mass is 10.0. The van der Waals surface area contributed by atoms with Crippen molar-refractivity contribution in [2.45, 2.75) is 23.6 Å². The average Bonchev–Trinajstić information content (AvgIpc) is 3.11. The summed E-state index contributed by atoms with van der Waals surface area (Å²) in [5.41, 5.74) is 1.97. The zero-order chi connectivity index (χ0) is 19.0. The van der Waals surface area contributed by atoms with E-state index in [1.165, 1.54) is 41.4 Å². The normalized spacial score (nSPS) is 24.2. The van der Waals surface area contributed by atoms with Crippen molar-refractivity contribution < 1.29 is 29.1 Å². The van der Waals surface area contributed by atoms with Crippen LogP contribution in [0.3, 0.4) is 0 Å². The fourth-order valence-corrected chi connectivity index (χ4v) is 5.03. The molecule has 3 heterocycles. The van der Waals surface area contributed by atoms with E-state index in [2.05, 4.69) is 10.3 Å². The lowest BCUT2D eigenvalue weighted by Crippen LogP contribution is -2.70.